The lowest BCUT2D eigenvalue weighted by Crippen LogP contribution is -2.28. The molecule has 0 fully saturated rings. The maximum Gasteiger partial charge on any atom is 0.160 e. The average Bonchev–Trinajstić information content (AvgIpc) is 2.43. The van der Waals surface area contributed by atoms with E-state index in [4.69, 9.17) is 9.47 Å². The number of nitrogens with one attached hydrogen (secondary N) is 1. The van der Waals surface area contributed by atoms with Crippen molar-refractivity contribution in [3.05, 3.63) is 23.8 Å². The summed E-state index contributed by atoms with van der Waals surface area (Å²) in [6.45, 7) is 5.55. The van der Waals surface area contributed by atoms with Crippen LogP contribution in [0, 0.1) is 0 Å². The summed E-state index contributed by atoms with van der Waals surface area (Å²) in [7, 11) is 3.34. The molecule has 0 aromatic heterocycles. The van der Waals surface area contributed by atoms with Crippen molar-refractivity contribution in [1.82, 2.24) is 5.32 Å². The molecule has 1 atom stereocenters. The first-order valence-electron chi connectivity index (χ1n) is 7.15. The normalized spacial score (nSPS) is 12.2. The first-order chi connectivity index (χ1) is 9.21. The fourth-order valence-corrected chi connectivity index (χ4v) is 2.16. The fourth-order valence-electron chi connectivity index (χ4n) is 2.16. The van der Waals surface area contributed by atoms with E-state index in [0.29, 0.717) is 6.04 Å². The molecule has 3 nitrogen and oxygen atoms in total. The van der Waals surface area contributed by atoms with Crippen LogP contribution in [0.3, 0.4) is 0 Å². The zero-order valence-electron chi connectivity index (χ0n) is 12.7. The lowest BCUT2D eigenvalue weighted by Gasteiger charge is -2.15. The molecule has 108 valence electrons. The SMILES string of the molecule is CCCCCNC(C)Cc1ccc(OC)c(OC)c1. The van der Waals surface area contributed by atoms with Gasteiger partial charge >= 0.3 is 0 Å². The van der Waals surface area contributed by atoms with E-state index in [0.717, 1.165) is 24.5 Å². The second-order valence-electron chi connectivity index (χ2n) is 4.96. The monoisotopic (exact) mass is 265 g/mol. The molecule has 1 N–H and O–H groups in total. The Labute approximate surface area is 117 Å². The predicted octanol–water partition coefficient (Wildman–Crippen LogP) is 3.41. The molecule has 0 spiro atoms. The molecule has 19 heavy (non-hydrogen) atoms. The van der Waals surface area contributed by atoms with Gasteiger partial charge in [-0.2, -0.15) is 0 Å². The highest BCUT2D eigenvalue weighted by Gasteiger charge is 2.07. The molecule has 1 aromatic rings. The van der Waals surface area contributed by atoms with E-state index in [-0.39, 0.29) is 0 Å². The highest BCUT2D eigenvalue weighted by atomic mass is 16.5. The van der Waals surface area contributed by atoms with Crippen molar-refractivity contribution < 1.29 is 9.47 Å². The molecule has 0 radical (unpaired) electrons. The molecule has 0 aliphatic carbocycles. The van der Waals surface area contributed by atoms with Crippen molar-refractivity contribution in [2.24, 2.45) is 0 Å². The van der Waals surface area contributed by atoms with Crippen LogP contribution in [-0.4, -0.2) is 26.8 Å². The maximum atomic E-state index is 5.33. The van der Waals surface area contributed by atoms with Crippen LogP contribution in [0.25, 0.3) is 0 Å². The summed E-state index contributed by atoms with van der Waals surface area (Å²) in [5, 5.41) is 3.56. The van der Waals surface area contributed by atoms with E-state index in [2.05, 4.69) is 31.3 Å². The molecule has 1 unspecified atom stereocenters. The molecule has 0 heterocycles. The number of hydrogen-bond donors (Lipinski definition) is 1. The topological polar surface area (TPSA) is 30.5 Å². The van der Waals surface area contributed by atoms with Crippen molar-refractivity contribution in [2.75, 3.05) is 20.8 Å². The van der Waals surface area contributed by atoms with Gasteiger partial charge in [0.1, 0.15) is 0 Å². The summed E-state index contributed by atoms with van der Waals surface area (Å²) in [5.41, 5.74) is 1.27. The smallest absolute Gasteiger partial charge is 0.160 e. The number of rotatable bonds is 9. The number of ether oxygens (including phenoxy) is 2. The minimum atomic E-state index is 0.481. The van der Waals surface area contributed by atoms with Crippen LogP contribution in [0.5, 0.6) is 11.5 Å². The summed E-state index contributed by atoms with van der Waals surface area (Å²) >= 11 is 0. The Morgan fingerprint density at radius 2 is 1.84 bits per heavy atom. The minimum Gasteiger partial charge on any atom is -0.493 e. The zero-order valence-corrected chi connectivity index (χ0v) is 12.7. The molecule has 1 aromatic carbocycles. The van der Waals surface area contributed by atoms with Crippen LogP contribution in [0.15, 0.2) is 18.2 Å². The van der Waals surface area contributed by atoms with Crippen molar-refractivity contribution in [3.63, 3.8) is 0 Å². The maximum absolute atomic E-state index is 5.33. The molecule has 0 aliphatic rings. The van der Waals surface area contributed by atoms with Crippen LogP contribution in [-0.2, 0) is 6.42 Å². The lowest BCUT2D eigenvalue weighted by molar-refractivity contribution is 0.354. The summed E-state index contributed by atoms with van der Waals surface area (Å²) in [6, 6.07) is 6.61. The van der Waals surface area contributed by atoms with Crippen molar-refractivity contribution in [1.29, 1.82) is 0 Å². The molecule has 0 saturated carbocycles. The minimum absolute atomic E-state index is 0.481. The van der Waals surface area contributed by atoms with Gasteiger partial charge in [-0.1, -0.05) is 25.8 Å². The van der Waals surface area contributed by atoms with Crippen molar-refractivity contribution >= 4 is 0 Å². The average molecular weight is 265 g/mol. The number of benzene rings is 1. The summed E-state index contributed by atoms with van der Waals surface area (Å²) in [5.74, 6) is 1.59. The fraction of sp³-hybridized carbons (Fsp3) is 0.625. The van der Waals surface area contributed by atoms with E-state index >= 15 is 0 Å². The molecular weight excluding hydrogens is 238 g/mol. The number of methoxy groups -OCH3 is 2. The standard InChI is InChI=1S/C16H27NO2/c1-5-6-7-10-17-13(2)11-14-8-9-15(18-3)16(12-14)19-4/h8-9,12-13,17H,5-7,10-11H2,1-4H3. The molecule has 0 amide bonds. The third-order valence-electron chi connectivity index (χ3n) is 3.26. The van der Waals surface area contributed by atoms with Gasteiger partial charge < -0.3 is 14.8 Å². The van der Waals surface area contributed by atoms with Gasteiger partial charge in [-0.05, 0) is 44.0 Å². The van der Waals surface area contributed by atoms with Gasteiger partial charge in [0.2, 0.25) is 0 Å². The van der Waals surface area contributed by atoms with Crippen LogP contribution in [0.4, 0.5) is 0 Å². The zero-order chi connectivity index (χ0) is 14.1. The second-order valence-corrected chi connectivity index (χ2v) is 4.96. The van der Waals surface area contributed by atoms with Gasteiger partial charge in [0.25, 0.3) is 0 Å². The predicted molar refractivity (Wildman–Crippen MR) is 80.2 cm³/mol. The van der Waals surface area contributed by atoms with Gasteiger partial charge in [0.05, 0.1) is 14.2 Å². The Bertz CT molecular complexity index is 366. The van der Waals surface area contributed by atoms with Crippen molar-refractivity contribution in [3.8, 4) is 11.5 Å². The number of unbranched alkanes of at least 4 members (excludes halogenated alkanes) is 2. The van der Waals surface area contributed by atoms with Gasteiger partial charge in [-0.25, -0.2) is 0 Å². The van der Waals surface area contributed by atoms with E-state index in [1.54, 1.807) is 14.2 Å². The Hall–Kier alpha value is -1.22. The summed E-state index contributed by atoms with van der Waals surface area (Å²) in [6.07, 6.45) is 4.83. The first-order valence-corrected chi connectivity index (χ1v) is 7.15. The van der Waals surface area contributed by atoms with Crippen LogP contribution in [0.2, 0.25) is 0 Å². The number of hydrogen-bond acceptors (Lipinski definition) is 3. The quantitative estimate of drug-likeness (QED) is 0.694. The third kappa shape index (κ3) is 5.52. The first kappa shape index (κ1) is 15.8. The molecule has 3 heteroatoms. The summed E-state index contributed by atoms with van der Waals surface area (Å²) in [4.78, 5) is 0. The Morgan fingerprint density at radius 1 is 1.11 bits per heavy atom. The van der Waals surface area contributed by atoms with Crippen molar-refractivity contribution in [2.45, 2.75) is 45.6 Å². The van der Waals surface area contributed by atoms with E-state index in [1.165, 1.54) is 24.8 Å². The highest BCUT2D eigenvalue weighted by Crippen LogP contribution is 2.27. The van der Waals surface area contributed by atoms with Gasteiger partial charge in [-0.15, -0.1) is 0 Å². The summed E-state index contributed by atoms with van der Waals surface area (Å²) < 4.78 is 10.6. The van der Waals surface area contributed by atoms with Gasteiger partial charge in [0, 0.05) is 6.04 Å². The molecular formula is C16H27NO2. The molecule has 0 saturated heterocycles. The largest absolute Gasteiger partial charge is 0.493 e. The Kier molecular flexibility index (Phi) is 7.34. The third-order valence-corrected chi connectivity index (χ3v) is 3.26. The van der Waals surface area contributed by atoms with Gasteiger partial charge in [-0.3, -0.25) is 0 Å². The van der Waals surface area contributed by atoms with Gasteiger partial charge in [0.15, 0.2) is 11.5 Å². The molecule has 0 bridgehead atoms. The Balaban J connectivity index is 2.47. The second kappa shape index (κ2) is 8.81. The molecule has 1 rings (SSSR count). The molecule has 0 aliphatic heterocycles. The lowest BCUT2D eigenvalue weighted by atomic mass is 10.1. The van der Waals surface area contributed by atoms with Crippen LogP contribution in [0.1, 0.15) is 38.7 Å². The van der Waals surface area contributed by atoms with Crippen LogP contribution >= 0.6 is 0 Å². The van der Waals surface area contributed by atoms with E-state index < -0.39 is 0 Å². The highest BCUT2D eigenvalue weighted by molar-refractivity contribution is 5.43. The van der Waals surface area contributed by atoms with Crippen LogP contribution < -0.4 is 14.8 Å². The Morgan fingerprint density at radius 3 is 2.47 bits per heavy atom. The van der Waals surface area contributed by atoms with E-state index in [1.807, 2.05) is 6.07 Å². The van der Waals surface area contributed by atoms with E-state index in [9.17, 15) is 0 Å².